The fourth-order valence-corrected chi connectivity index (χ4v) is 2.19. The van der Waals surface area contributed by atoms with Crippen LogP contribution in [0.15, 0.2) is 24.5 Å². The second-order valence-corrected chi connectivity index (χ2v) is 4.15. The molecule has 0 amide bonds. The summed E-state index contributed by atoms with van der Waals surface area (Å²) < 4.78 is 0. The van der Waals surface area contributed by atoms with E-state index in [0.717, 1.165) is 6.04 Å². The molecule has 0 bridgehead atoms. The van der Waals surface area contributed by atoms with E-state index in [1.807, 2.05) is 12.4 Å². The number of hydrogen-bond donors (Lipinski definition) is 1. The van der Waals surface area contributed by atoms with Crippen LogP contribution in [-0.2, 0) is 0 Å². The number of pyridine rings is 1. The number of rotatable bonds is 3. The van der Waals surface area contributed by atoms with Crippen LogP contribution < -0.4 is 5.32 Å². The third kappa shape index (κ3) is 2.32. The normalized spacial score (nSPS) is 19.8. The van der Waals surface area contributed by atoms with Gasteiger partial charge in [-0.2, -0.15) is 0 Å². The summed E-state index contributed by atoms with van der Waals surface area (Å²) in [6.07, 6.45) is 9.19. The van der Waals surface area contributed by atoms with Gasteiger partial charge in [0.1, 0.15) is 0 Å². The molecule has 1 atom stereocenters. The largest absolute Gasteiger partial charge is 0.307 e. The van der Waals surface area contributed by atoms with Crippen molar-refractivity contribution < 1.29 is 0 Å². The monoisotopic (exact) mass is 190 g/mol. The van der Waals surface area contributed by atoms with E-state index in [1.165, 1.54) is 31.2 Å². The van der Waals surface area contributed by atoms with Crippen LogP contribution in [0.1, 0.15) is 44.2 Å². The number of aromatic nitrogens is 1. The Morgan fingerprint density at radius 2 is 1.93 bits per heavy atom. The summed E-state index contributed by atoms with van der Waals surface area (Å²) in [6.45, 7) is 2.23. The molecule has 1 aromatic rings. The second kappa shape index (κ2) is 4.56. The highest BCUT2D eigenvalue weighted by molar-refractivity contribution is 5.14. The van der Waals surface area contributed by atoms with E-state index in [4.69, 9.17) is 0 Å². The zero-order valence-electron chi connectivity index (χ0n) is 8.74. The van der Waals surface area contributed by atoms with Crippen LogP contribution in [0, 0.1) is 0 Å². The van der Waals surface area contributed by atoms with Gasteiger partial charge in [0.25, 0.3) is 0 Å². The van der Waals surface area contributed by atoms with Gasteiger partial charge in [0, 0.05) is 24.5 Å². The zero-order chi connectivity index (χ0) is 9.80. The van der Waals surface area contributed by atoms with Crippen LogP contribution in [0.25, 0.3) is 0 Å². The van der Waals surface area contributed by atoms with Crippen LogP contribution in [-0.4, -0.2) is 11.0 Å². The van der Waals surface area contributed by atoms with Crippen molar-refractivity contribution in [3.8, 4) is 0 Å². The van der Waals surface area contributed by atoms with E-state index in [0.29, 0.717) is 6.04 Å². The molecule has 14 heavy (non-hydrogen) atoms. The summed E-state index contributed by atoms with van der Waals surface area (Å²) in [6, 6.07) is 5.37. The maximum Gasteiger partial charge on any atom is 0.0295 e. The van der Waals surface area contributed by atoms with Gasteiger partial charge in [0.2, 0.25) is 0 Å². The SMILES string of the molecule is C[C@H](NC1CCCC1)c1ccncc1. The summed E-state index contributed by atoms with van der Waals surface area (Å²) in [5.74, 6) is 0. The van der Waals surface area contributed by atoms with Gasteiger partial charge in [-0.3, -0.25) is 4.98 Å². The summed E-state index contributed by atoms with van der Waals surface area (Å²) in [5, 5.41) is 3.67. The quantitative estimate of drug-likeness (QED) is 0.792. The zero-order valence-corrected chi connectivity index (χ0v) is 8.74. The minimum absolute atomic E-state index is 0.459. The highest BCUT2D eigenvalue weighted by Crippen LogP contribution is 2.21. The van der Waals surface area contributed by atoms with Crippen LogP contribution in [0.2, 0.25) is 0 Å². The fourth-order valence-electron chi connectivity index (χ4n) is 2.19. The van der Waals surface area contributed by atoms with E-state index < -0.39 is 0 Å². The van der Waals surface area contributed by atoms with Gasteiger partial charge in [-0.05, 0) is 37.5 Å². The Labute approximate surface area is 85.7 Å². The van der Waals surface area contributed by atoms with Crippen LogP contribution in [0.4, 0.5) is 0 Å². The Balaban J connectivity index is 1.92. The van der Waals surface area contributed by atoms with E-state index >= 15 is 0 Å². The van der Waals surface area contributed by atoms with Crippen LogP contribution in [0.5, 0.6) is 0 Å². The van der Waals surface area contributed by atoms with Crippen molar-refractivity contribution in [3.05, 3.63) is 30.1 Å². The van der Waals surface area contributed by atoms with Crippen molar-refractivity contribution in [1.29, 1.82) is 0 Å². The molecule has 1 aliphatic carbocycles. The van der Waals surface area contributed by atoms with Crippen LogP contribution in [0.3, 0.4) is 0 Å². The van der Waals surface area contributed by atoms with Gasteiger partial charge in [-0.15, -0.1) is 0 Å². The lowest BCUT2D eigenvalue weighted by molar-refractivity contribution is 0.461. The second-order valence-electron chi connectivity index (χ2n) is 4.15. The average Bonchev–Trinajstić information content (AvgIpc) is 2.72. The molecule has 1 N–H and O–H groups in total. The van der Waals surface area contributed by atoms with E-state index in [1.54, 1.807) is 0 Å². The summed E-state index contributed by atoms with van der Waals surface area (Å²) in [5.41, 5.74) is 1.34. The lowest BCUT2D eigenvalue weighted by Crippen LogP contribution is -2.28. The lowest BCUT2D eigenvalue weighted by Gasteiger charge is -2.19. The first-order valence-electron chi connectivity index (χ1n) is 5.52. The van der Waals surface area contributed by atoms with Crippen molar-refractivity contribution in [2.24, 2.45) is 0 Å². The standard InChI is InChI=1S/C12H18N2/c1-10(11-6-8-13-9-7-11)14-12-4-2-3-5-12/h6-10,12,14H,2-5H2,1H3/t10-/m0/s1. The number of nitrogens with one attached hydrogen (secondary N) is 1. The van der Waals surface area contributed by atoms with Gasteiger partial charge in [0.15, 0.2) is 0 Å². The lowest BCUT2D eigenvalue weighted by atomic mass is 10.1. The molecular formula is C12H18N2. The molecule has 1 heterocycles. The Bertz CT molecular complexity index is 265. The van der Waals surface area contributed by atoms with Crippen molar-refractivity contribution >= 4 is 0 Å². The molecule has 1 saturated carbocycles. The molecule has 2 rings (SSSR count). The van der Waals surface area contributed by atoms with Gasteiger partial charge in [0.05, 0.1) is 0 Å². The topological polar surface area (TPSA) is 24.9 Å². The molecule has 0 aliphatic heterocycles. The molecule has 0 unspecified atom stereocenters. The average molecular weight is 190 g/mol. The van der Waals surface area contributed by atoms with Gasteiger partial charge >= 0.3 is 0 Å². The predicted molar refractivity (Wildman–Crippen MR) is 58.0 cm³/mol. The van der Waals surface area contributed by atoms with Crippen molar-refractivity contribution in [2.45, 2.75) is 44.7 Å². The Morgan fingerprint density at radius 1 is 1.29 bits per heavy atom. The molecule has 0 spiro atoms. The summed E-state index contributed by atoms with van der Waals surface area (Å²) in [7, 11) is 0. The van der Waals surface area contributed by atoms with Crippen molar-refractivity contribution in [2.75, 3.05) is 0 Å². The summed E-state index contributed by atoms with van der Waals surface area (Å²) in [4.78, 5) is 4.03. The first-order valence-corrected chi connectivity index (χ1v) is 5.52. The summed E-state index contributed by atoms with van der Waals surface area (Å²) >= 11 is 0. The molecule has 0 saturated heterocycles. The molecule has 0 radical (unpaired) electrons. The first-order chi connectivity index (χ1) is 6.86. The molecule has 1 fully saturated rings. The van der Waals surface area contributed by atoms with Gasteiger partial charge < -0.3 is 5.32 Å². The van der Waals surface area contributed by atoms with Gasteiger partial charge in [-0.1, -0.05) is 12.8 Å². The van der Waals surface area contributed by atoms with E-state index in [2.05, 4.69) is 29.4 Å². The van der Waals surface area contributed by atoms with Crippen molar-refractivity contribution in [3.63, 3.8) is 0 Å². The first kappa shape index (κ1) is 9.66. The number of nitrogens with zero attached hydrogens (tertiary/aromatic N) is 1. The fraction of sp³-hybridized carbons (Fsp3) is 0.583. The van der Waals surface area contributed by atoms with Gasteiger partial charge in [-0.25, -0.2) is 0 Å². The minimum atomic E-state index is 0.459. The molecule has 76 valence electrons. The highest BCUT2D eigenvalue weighted by Gasteiger charge is 2.17. The molecule has 2 heteroatoms. The Kier molecular flexibility index (Phi) is 3.14. The Morgan fingerprint density at radius 3 is 2.57 bits per heavy atom. The van der Waals surface area contributed by atoms with E-state index in [9.17, 15) is 0 Å². The smallest absolute Gasteiger partial charge is 0.0295 e. The number of hydrogen-bond acceptors (Lipinski definition) is 2. The Hall–Kier alpha value is -0.890. The molecule has 0 aromatic carbocycles. The predicted octanol–water partition coefficient (Wildman–Crippen LogP) is 2.67. The molecule has 2 nitrogen and oxygen atoms in total. The molecule has 1 aliphatic rings. The van der Waals surface area contributed by atoms with Crippen molar-refractivity contribution in [1.82, 2.24) is 10.3 Å². The molecular weight excluding hydrogens is 172 g/mol. The van der Waals surface area contributed by atoms with E-state index in [-0.39, 0.29) is 0 Å². The molecule has 1 aromatic heterocycles. The minimum Gasteiger partial charge on any atom is -0.307 e. The third-order valence-electron chi connectivity index (χ3n) is 3.05. The third-order valence-corrected chi connectivity index (χ3v) is 3.05. The van der Waals surface area contributed by atoms with Crippen LogP contribution >= 0.6 is 0 Å². The maximum atomic E-state index is 4.03. The maximum absolute atomic E-state index is 4.03. The highest BCUT2D eigenvalue weighted by atomic mass is 14.9.